The van der Waals surface area contributed by atoms with E-state index >= 15 is 0 Å². The van der Waals surface area contributed by atoms with Gasteiger partial charge in [0.15, 0.2) is 0 Å². The zero-order valence-corrected chi connectivity index (χ0v) is 8.94. The molecule has 4 heteroatoms. The molecule has 0 aliphatic rings. The zero-order valence-electron chi connectivity index (χ0n) is 8.94. The molecule has 0 saturated heterocycles. The maximum atomic E-state index is 4.31. The van der Waals surface area contributed by atoms with Gasteiger partial charge in [0, 0.05) is 25.6 Å². The molecule has 0 unspecified atom stereocenters. The highest BCUT2D eigenvalue weighted by molar-refractivity contribution is 5.28. The van der Waals surface area contributed by atoms with Gasteiger partial charge in [0.25, 0.3) is 0 Å². The third-order valence-corrected chi connectivity index (χ3v) is 2.35. The monoisotopic (exact) mass is 202 g/mol. The summed E-state index contributed by atoms with van der Waals surface area (Å²) >= 11 is 0. The first-order valence-electron chi connectivity index (χ1n) is 4.89. The van der Waals surface area contributed by atoms with Gasteiger partial charge in [0.05, 0.1) is 12.2 Å². The van der Waals surface area contributed by atoms with Crippen molar-refractivity contribution < 1.29 is 0 Å². The Kier molecular flexibility index (Phi) is 2.67. The predicted octanol–water partition coefficient (Wildman–Crippen LogP) is 1.74. The maximum absolute atomic E-state index is 4.31. The maximum Gasteiger partial charge on any atom is 0.202 e. The zero-order chi connectivity index (χ0) is 10.7. The molecule has 4 nitrogen and oxygen atoms in total. The van der Waals surface area contributed by atoms with Crippen molar-refractivity contribution in [3.8, 4) is 0 Å². The fourth-order valence-corrected chi connectivity index (χ4v) is 1.40. The van der Waals surface area contributed by atoms with Crippen LogP contribution in [-0.2, 0) is 13.6 Å². The molecule has 0 radical (unpaired) electrons. The van der Waals surface area contributed by atoms with Gasteiger partial charge in [0.2, 0.25) is 5.95 Å². The Morgan fingerprint density at radius 2 is 2.20 bits per heavy atom. The van der Waals surface area contributed by atoms with Crippen LogP contribution in [-0.4, -0.2) is 14.5 Å². The van der Waals surface area contributed by atoms with Crippen molar-refractivity contribution in [2.45, 2.75) is 13.5 Å². The topological polar surface area (TPSA) is 42.7 Å². The van der Waals surface area contributed by atoms with Crippen LogP contribution in [0.5, 0.6) is 0 Å². The van der Waals surface area contributed by atoms with Gasteiger partial charge >= 0.3 is 0 Å². The molecule has 0 saturated carbocycles. The molecule has 78 valence electrons. The number of pyridine rings is 1. The predicted molar refractivity (Wildman–Crippen MR) is 59.5 cm³/mol. The van der Waals surface area contributed by atoms with E-state index in [0.29, 0.717) is 6.54 Å². The minimum Gasteiger partial charge on any atom is -0.350 e. The number of aryl methyl sites for hydroxylation is 2. The molecule has 0 aliphatic carbocycles. The smallest absolute Gasteiger partial charge is 0.202 e. The van der Waals surface area contributed by atoms with E-state index in [9.17, 15) is 0 Å². The van der Waals surface area contributed by atoms with Crippen LogP contribution >= 0.6 is 0 Å². The van der Waals surface area contributed by atoms with Gasteiger partial charge in [-0.25, -0.2) is 4.98 Å². The minimum absolute atomic E-state index is 0.706. The number of aromatic nitrogens is 3. The molecule has 0 aliphatic heterocycles. The van der Waals surface area contributed by atoms with Gasteiger partial charge in [-0.15, -0.1) is 0 Å². The van der Waals surface area contributed by atoms with Crippen LogP contribution in [0.4, 0.5) is 5.95 Å². The van der Waals surface area contributed by atoms with E-state index in [1.165, 1.54) is 5.56 Å². The van der Waals surface area contributed by atoms with E-state index in [1.807, 2.05) is 30.1 Å². The number of anilines is 1. The van der Waals surface area contributed by atoms with Crippen LogP contribution < -0.4 is 5.32 Å². The van der Waals surface area contributed by atoms with Gasteiger partial charge in [-0.2, -0.15) is 0 Å². The first-order valence-corrected chi connectivity index (χ1v) is 4.89. The molecule has 1 N–H and O–H groups in total. The summed E-state index contributed by atoms with van der Waals surface area (Å²) < 4.78 is 1.94. The summed E-state index contributed by atoms with van der Waals surface area (Å²) in [6, 6.07) is 4.00. The highest BCUT2D eigenvalue weighted by Gasteiger charge is 2.01. The first-order chi connectivity index (χ1) is 7.27. The van der Waals surface area contributed by atoms with Crippen LogP contribution in [0.3, 0.4) is 0 Å². The molecular formula is C11H14N4. The van der Waals surface area contributed by atoms with Crippen molar-refractivity contribution in [2.24, 2.45) is 7.05 Å². The van der Waals surface area contributed by atoms with Gasteiger partial charge in [-0.05, 0) is 18.6 Å². The Bertz CT molecular complexity index is 447. The Morgan fingerprint density at radius 3 is 2.87 bits per heavy atom. The third kappa shape index (κ3) is 2.15. The molecule has 2 aromatic rings. The minimum atomic E-state index is 0.706. The van der Waals surface area contributed by atoms with Crippen molar-refractivity contribution in [1.29, 1.82) is 0 Å². The van der Waals surface area contributed by atoms with Gasteiger partial charge in [0.1, 0.15) is 0 Å². The molecule has 0 amide bonds. The van der Waals surface area contributed by atoms with E-state index in [0.717, 1.165) is 11.6 Å². The third-order valence-electron chi connectivity index (χ3n) is 2.35. The lowest BCUT2D eigenvalue weighted by atomic mass is 10.2. The molecule has 2 heterocycles. The van der Waals surface area contributed by atoms with Crippen LogP contribution in [0.25, 0.3) is 0 Å². The molecule has 2 rings (SSSR count). The van der Waals surface area contributed by atoms with Crippen molar-refractivity contribution >= 4 is 5.95 Å². The van der Waals surface area contributed by atoms with Crippen LogP contribution in [0.2, 0.25) is 0 Å². The number of imidazole rings is 1. The van der Waals surface area contributed by atoms with E-state index in [2.05, 4.69) is 28.3 Å². The summed E-state index contributed by atoms with van der Waals surface area (Å²) in [6.45, 7) is 2.76. The molecule has 0 bridgehead atoms. The van der Waals surface area contributed by atoms with Crippen molar-refractivity contribution in [3.63, 3.8) is 0 Å². The van der Waals surface area contributed by atoms with Crippen molar-refractivity contribution in [3.05, 3.63) is 42.0 Å². The van der Waals surface area contributed by atoms with Crippen LogP contribution in [0.1, 0.15) is 11.3 Å². The summed E-state index contributed by atoms with van der Waals surface area (Å²) in [6.07, 6.45) is 5.49. The summed E-state index contributed by atoms with van der Waals surface area (Å²) in [5.74, 6) is 0.861. The van der Waals surface area contributed by atoms with Crippen molar-refractivity contribution in [1.82, 2.24) is 14.5 Å². The average Bonchev–Trinajstić information content (AvgIpc) is 2.63. The van der Waals surface area contributed by atoms with E-state index in [-0.39, 0.29) is 0 Å². The molecule has 2 aromatic heterocycles. The van der Waals surface area contributed by atoms with E-state index in [1.54, 1.807) is 6.20 Å². The fourth-order valence-electron chi connectivity index (χ4n) is 1.40. The summed E-state index contributed by atoms with van der Waals surface area (Å²) in [7, 11) is 1.96. The van der Waals surface area contributed by atoms with E-state index in [4.69, 9.17) is 0 Å². The van der Waals surface area contributed by atoms with Gasteiger partial charge in [-0.3, -0.25) is 4.98 Å². The van der Waals surface area contributed by atoms with Crippen molar-refractivity contribution in [2.75, 3.05) is 5.32 Å². The quantitative estimate of drug-likeness (QED) is 0.824. The average molecular weight is 202 g/mol. The first kappa shape index (κ1) is 9.71. The second-order valence-corrected chi connectivity index (χ2v) is 3.48. The number of hydrogen-bond acceptors (Lipinski definition) is 3. The highest BCUT2D eigenvalue weighted by atomic mass is 15.2. The number of nitrogens with one attached hydrogen (secondary N) is 1. The molecule has 15 heavy (non-hydrogen) atoms. The lowest BCUT2D eigenvalue weighted by Gasteiger charge is -2.07. The number of rotatable bonds is 3. The standard InChI is InChI=1S/C11H14N4/c1-9-4-3-5-12-10(9)8-14-11-13-6-7-15(11)2/h3-7H,8H2,1-2H3,(H,13,14). The van der Waals surface area contributed by atoms with Crippen LogP contribution in [0, 0.1) is 6.92 Å². The Morgan fingerprint density at radius 1 is 1.33 bits per heavy atom. The molecule has 0 atom stereocenters. The number of nitrogens with zero attached hydrogens (tertiary/aromatic N) is 3. The lowest BCUT2D eigenvalue weighted by molar-refractivity contribution is 0.889. The summed E-state index contributed by atoms with van der Waals surface area (Å²) in [5, 5.41) is 3.24. The molecular weight excluding hydrogens is 188 g/mol. The summed E-state index contributed by atoms with van der Waals surface area (Å²) in [4.78, 5) is 8.49. The van der Waals surface area contributed by atoms with E-state index < -0.39 is 0 Å². The highest BCUT2D eigenvalue weighted by Crippen LogP contribution is 2.07. The Labute approximate surface area is 89.0 Å². The number of hydrogen-bond donors (Lipinski definition) is 1. The second-order valence-electron chi connectivity index (χ2n) is 3.48. The normalized spacial score (nSPS) is 10.3. The van der Waals surface area contributed by atoms with Gasteiger partial charge < -0.3 is 9.88 Å². The summed E-state index contributed by atoms with van der Waals surface area (Å²) in [5.41, 5.74) is 2.25. The Hall–Kier alpha value is -1.84. The van der Waals surface area contributed by atoms with Gasteiger partial charge in [-0.1, -0.05) is 6.07 Å². The molecule has 0 fully saturated rings. The molecule has 0 aromatic carbocycles. The largest absolute Gasteiger partial charge is 0.350 e. The van der Waals surface area contributed by atoms with Crippen LogP contribution in [0.15, 0.2) is 30.7 Å². The second kappa shape index (κ2) is 4.13. The SMILES string of the molecule is Cc1cccnc1CNc1nccn1C. The fraction of sp³-hybridized carbons (Fsp3) is 0.273. The Balaban J connectivity index is 2.06. The molecule has 0 spiro atoms. The lowest BCUT2D eigenvalue weighted by Crippen LogP contribution is -2.07.